The summed E-state index contributed by atoms with van der Waals surface area (Å²) in [5, 5.41) is 2.06. The lowest BCUT2D eigenvalue weighted by molar-refractivity contribution is -0.124. The van der Waals surface area contributed by atoms with Gasteiger partial charge in [0, 0.05) is 12.1 Å². The quantitative estimate of drug-likeness (QED) is 0.641. The van der Waals surface area contributed by atoms with Crippen molar-refractivity contribution < 1.29 is 23.1 Å². The van der Waals surface area contributed by atoms with E-state index in [4.69, 9.17) is 27.9 Å². The van der Waals surface area contributed by atoms with Crippen molar-refractivity contribution in [3.05, 3.63) is 69.2 Å². The van der Waals surface area contributed by atoms with Gasteiger partial charge < -0.3 is 10.1 Å². The second-order valence-electron chi connectivity index (χ2n) is 4.69. The summed E-state index contributed by atoms with van der Waals surface area (Å²) in [6.07, 6.45) is 0. The zero-order valence-electron chi connectivity index (χ0n) is 12.1. The van der Waals surface area contributed by atoms with E-state index in [9.17, 15) is 18.4 Å². The minimum atomic E-state index is -0.975. The van der Waals surface area contributed by atoms with Crippen LogP contribution in [0.3, 0.4) is 0 Å². The number of halogens is 4. The maximum Gasteiger partial charge on any atom is 0.340 e. The average molecular weight is 374 g/mol. The van der Waals surface area contributed by atoms with Crippen LogP contribution in [0.25, 0.3) is 0 Å². The third-order valence-electron chi connectivity index (χ3n) is 3.00. The van der Waals surface area contributed by atoms with E-state index in [-0.39, 0.29) is 22.2 Å². The van der Waals surface area contributed by atoms with Crippen LogP contribution in [0.4, 0.5) is 8.78 Å². The molecule has 1 amide bonds. The molecule has 2 rings (SSSR count). The second kappa shape index (κ2) is 8.08. The van der Waals surface area contributed by atoms with Crippen molar-refractivity contribution in [3.63, 3.8) is 0 Å². The highest BCUT2D eigenvalue weighted by molar-refractivity contribution is 6.36. The second-order valence-corrected chi connectivity index (χ2v) is 5.50. The summed E-state index contributed by atoms with van der Waals surface area (Å²) < 4.78 is 31.5. The number of hydrogen-bond donors (Lipinski definition) is 1. The van der Waals surface area contributed by atoms with Crippen molar-refractivity contribution in [3.8, 4) is 0 Å². The highest BCUT2D eigenvalue weighted by atomic mass is 35.5. The van der Waals surface area contributed by atoms with E-state index >= 15 is 0 Å². The number of amides is 1. The van der Waals surface area contributed by atoms with Crippen LogP contribution in [0.15, 0.2) is 36.4 Å². The molecular weight excluding hydrogens is 363 g/mol. The van der Waals surface area contributed by atoms with Crippen LogP contribution in [-0.4, -0.2) is 18.5 Å². The first-order valence-corrected chi connectivity index (χ1v) is 7.46. The van der Waals surface area contributed by atoms with Crippen molar-refractivity contribution in [2.75, 3.05) is 6.61 Å². The van der Waals surface area contributed by atoms with Gasteiger partial charge in [0.05, 0.1) is 15.6 Å². The normalized spacial score (nSPS) is 10.3. The summed E-state index contributed by atoms with van der Waals surface area (Å²) in [7, 11) is 0. The number of carbonyl (C=O) groups excluding carboxylic acids is 2. The van der Waals surface area contributed by atoms with Crippen molar-refractivity contribution in [1.29, 1.82) is 0 Å². The maximum absolute atomic E-state index is 13.4. The van der Waals surface area contributed by atoms with E-state index in [2.05, 4.69) is 5.32 Å². The van der Waals surface area contributed by atoms with E-state index in [0.29, 0.717) is 5.56 Å². The Morgan fingerprint density at radius 1 is 1.04 bits per heavy atom. The molecule has 1 N–H and O–H groups in total. The smallest absolute Gasteiger partial charge is 0.340 e. The van der Waals surface area contributed by atoms with Crippen molar-refractivity contribution in [1.82, 2.24) is 5.32 Å². The van der Waals surface area contributed by atoms with Gasteiger partial charge >= 0.3 is 5.97 Å². The van der Waals surface area contributed by atoms with E-state index in [1.807, 2.05) is 0 Å². The Morgan fingerprint density at radius 2 is 1.75 bits per heavy atom. The molecular formula is C16H11Cl2F2NO3. The molecule has 0 spiro atoms. The molecule has 126 valence electrons. The molecule has 8 heteroatoms. The Labute approximate surface area is 146 Å². The van der Waals surface area contributed by atoms with Crippen LogP contribution in [0.2, 0.25) is 10.0 Å². The number of carbonyl (C=O) groups is 2. The Kier molecular flexibility index (Phi) is 6.11. The Morgan fingerprint density at radius 3 is 2.46 bits per heavy atom. The molecule has 0 aliphatic carbocycles. The van der Waals surface area contributed by atoms with Gasteiger partial charge in [-0.2, -0.15) is 0 Å². The predicted molar refractivity (Wildman–Crippen MR) is 84.9 cm³/mol. The van der Waals surface area contributed by atoms with Gasteiger partial charge in [-0.3, -0.25) is 4.79 Å². The Bertz CT molecular complexity index is 784. The molecule has 0 heterocycles. The fourth-order valence-corrected chi connectivity index (χ4v) is 2.23. The number of esters is 1. The Hall–Kier alpha value is -2.18. The molecule has 2 aromatic rings. The fourth-order valence-electron chi connectivity index (χ4n) is 1.77. The molecule has 0 saturated carbocycles. The average Bonchev–Trinajstić information content (AvgIpc) is 2.55. The summed E-state index contributed by atoms with van der Waals surface area (Å²) in [6, 6.07) is 7.81. The van der Waals surface area contributed by atoms with Gasteiger partial charge in [0.2, 0.25) is 0 Å². The topological polar surface area (TPSA) is 55.4 Å². The highest BCUT2D eigenvalue weighted by Gasteiger charge is 2.17. The molecule has 0 aliphatic heterocycles. The first-order valence-electron chi connectivity index (χ1n) is 6.70. The number of hydrogen-bond acceptors (Lipinski definition) is 3. The summed E-state index contributed by atoms with van der Waals surface area (Å²) in [6.45, 7) is -0.673. The van der Waals surface area contributed by atoms with Crippen LogP contribution in [-0.2, 0) is 16.1 Å². The summed E-state index contributed by atoms with van der Waals surface area (Å²) in [5.74, 6) is -2.91. The van der Waals surface area contributed by atoms with Crippen LogP contribution >= 0.6 is 23.2 Å². The minimum Gasteiger partial charge on any atom is -0.452 e. The number of rotatable bonds is 5. The minimum absolute atomic E-state index is 0.0562. The lowest BCUT2D eigenvalue weighted by atomic mass is 10.2. The lowest BCUT2D eigenvalue weighted by Gasteiger charge is -2.08. The third kappa shape index (κ3) is 4.66. The number of nitrogens with one attached hydrogen (secondary N) is 1. The maximum atomic E-state index is 13.4. The molecule has 0 saturated heterocycles. The molecule has 0 fully saturated rings. The number of benzene rings is 2. The molecule has 0 unspecified atom stereocenters. The molecule has 0 aromatic heterocycles. The first-order chi connectivity index (χ1) is 11.4. The largest absolute Gasteiger partial charge is 0.452 e. The fraction of sp³-hybridized carbons (Fsp3) is 0.125. The van der Waals surface area contributed by atoms with E-state index < -0.39 is 30.1 Å². The third-order valence-corrected chi connectivity index (χ3v) is 3.60. The van der Waals surface area contributed by atoms with Crippen molar-refractivity contribution in [2.24, 2.45) is 0 Å². The van der Waals surface area contributed by atoms with Crippen LogP contribution < -0.4 is 5.32 Å². The van der Waals surface area contributed by atoms with E-state index in [0.717, 1.165) is 12.1 Å². The van der Waals surface area contributed by atoms with Gasteiger partial charge in [-0.15, -0.1) is 0 Å². The zero-order chi connectivity index (χ0) is 17.7. The highest BCUT2D eigenvalue weighted by Crippen LogP contribution is 2.24. The van der Waals surface area contributed by atoms with Crippen LogP contribution in [0.5, 0.6) is 0 Å². The number of ether oxygens (including phenoxy) is 1. The standard InChI is InChI=1S/C16H11Cl2F2NO3/c17-11-6-12(18)14(20)5-10(11)16(23)24-8-15(22)21-7-9-3-1-2-4-13(9)19/h1-6H,7-8H2,(H,21,22). The molecule has 2 aromatic carbocycles. The summed E-state index contributed by atoms with van der Waals surface area (Å²) in [4.78, 5) is 23.4. The summed E-state index contributed by atoms with van der Waals surface area (Å²) >= 11 is 11.3. The molecule has 0 bridgehead atoms. The van der Waals surface area contributed by atoms with Crippen molar-refractivity contribution in [2.45, 2.75) is 6.54 Å². The SMILES string of the molecule is O=C(COC(=O)c1cc(F)c(Cl)cc1Cl)NCc1ccccc1F. The van der Waals surface area contributed by atoms with Gasteiger partial charge in [-0.25, -0.2) is 13.6 Å². The van der Waals surface area contributed by atoms with Crippen LogP contribution in [0, 0.1) is 11.6 Å². The van der Waals surface area contributed by atoms with Gasteiger partial charge in [-0.05, 0) is 18.2 Å². The summed E-state index contributed by atoms with van der Waals surface area (Å²) in [5.41, 5.74) is 0.0421. The molecule has 24 heavy (non-hydrogen) atoms. The molecule has 0 atom stereocenters. The predicted octanol–water partition coefficient (Wildman–Crippen LogP) is 3.74. The molecule has 4 nitrogen and oxygen atoms in total. The van der Waals surface area contributed by atoms with Crippen molar-refractivity contribution >= 4 is 35.1 Å². The monoisotopic (exact) mass is 373 g/mol. The van der Waals surface area contributed by atoms with E-state index in [1.54, 1.807) is 6.07 Å². The molecule has 0 radical (unpaired) electrons. The van der Waals surface area contributed by atoms with Gasteiger partial charge in [0.15, 0.2) is 6.61 Å². The van der Waals surface area contributed by atoms with Gasteiger partial charge in [0.1, 0.15) is 11.6 Å². The zero-order valence-corrected chi connectivity index (χ0v) is 13.6. The van der Waals surface area contributed by atoms with Crippen LogP contribution in [0.1, 0.15) is 15.9 Å². The van der Waals surface area contributed by atoms with E-state index in [1.165, 1.54) is 18.2 Å². The first kappa shape index (κ1) is 18.2. The van der Waals surface area contributed by atoms with Gasteiger partial charge in [0.25, 0.3) is 5.91 Å². The van der Waals surface area contributed by atoms with Gasteiger partial charge in [-0.1, -0.05) is 41.4 Å². The Balaban J connectivity index is 1.89. The molecule has 0 aliphatic rings. The lowest BCUT2D eigenvalue weighted by Crippen LogP contribution is -2.28.